The topological polar surface area (TPSA) is 84.6 Å². The molecule has 158 valence electrons. The fourth-order valence-electron chi connectivity index (χ4n) is 3.43. The molecule has 0 aliphatic carbocycles. The van der Waals surface area contributed by atoms with Gasteiger partial charge < -0.3 is 15.0 Å². The van der Waals surface area contributed by atoms with Crippen LogP contribution in [0.5, 0.6) is 0 Å². The second-order valence-corrected chi connectivity index (χ2v) is 8.75. The lowest BCUT2D eigenvalue weighted by Gasteiger charge is -2.33. The first kappa shape index (κ1) is 20.4. The molecule has 9 heteroatoms. The van der Waals surface area contributed by atoms with Gasteiger partial charge in [-0.05, 0) is 57.9 Å². The van der Waals surface area contributed by atoms with Crippen LogP contribution < -0.4 is 5.32 Å². The second kappa shape index (κ2) is 8.10. The van der Waals surface area contributed by atoms with E-state index in [-0.39, 0.29) is 12.1 Å². The summed E-state index contributed by atoms with van der Waals surface area (Å²) < 4.78 is 7.15. The summed E-state index contributed by atoms with van der Waals surface area (Å²) in [7, 11) is 0. The molecule has 1 N–H and O–H groups in total. The van der Waals surface area contributed by atoms with Gasteiger partial charge in [-0.25, -0.2) is 19.3 Å². The van der Waals surface area contributed by atoms with Gasteiger partial charge in [-0.15, -0.1) is 0 Å². The first-order chi connectivity index (χ1) is 14.3. The lowest BCUT2D eigenvalue weighted by atomic mass is 10.1. The number of pyridine rings is 1. The number of rotatable bonds is 3. The zero-order chi connectivity index (χ0) is 21.3. The second-order valence-electron chi connectivity index (χ2n) is 8.36. The Bertz CT molecular complexity index is 1050. The predicted molar refractivity (Wildman–Crippen MR) is 116 cm³/mol. The third-order valence-corrected chi connectivity index (χ3v) is 5.04. The van der Waals surface area contributed by atoms with Gasteiger partial charge in [-0.3, -0.25) is 0 Å². The summed E-state index contributed by atoms with van der Waals surface area (Å²) in [6.07, 6.45) is 3.15. The van der Waals surface area contributed by atoms with Gasteiger partial charge in [0.05, 0.1) is 11.9 Å². The number of imidazole rings is 1. The van der Waals surface area contributed by atoms with Crippen molar-refractivity contribution in [1.29, 1.82) is 0 Å². The van der Waals surface area contributed by atoms with Gasteiger partial charge in [0.2, 0.25) is 0 Å². The number of aromatic nitrogens is 4. The van der Waals surface area contributed by atoms with Crippen molar-refractivity contribution in [2.45, 2.75) is 45.3 Å². The molecule has 1 aliphatic rings. The van der Waals surface area contributed by atoms with Crippen LogP contribution in [0.3, 0.4) is 0 Å². The number of nitrogens with zero attached hydrogens (tertiary/aromatic N) is 5. The predicted octanol–water partition coefficient (Wildman–Crippen LogP) is 4.26. The Morgan fingerprint density at radius 1 is 1.20 bits per heavy atom. The SMILES string of the molecule is CC(C)(C)OC(=O)N1CCC(Nc2cccc(-c3cnc4ccc(Cl)nn34)n2)CC1. The Morgan fingerprint density at radius 3 is 2.70 bits per heavy atom. The van der Waals surface area contributed by atoms with E-state index in [4.69, 9.17) is 21.3 Å². The highest BCUT2D eigenvalue weighted by atomic mass is 35.5. The number of anilines is 1. The van der Waals surface area contributed by atoms with Crippen LogP contribution in [0.15, 0.2) is 36.5 Å². The summed E-state index contributed by atoms with van der Waals surface area (Å²) in [6, 6.07) is 9.57. The van der Waals surface area contributed by atoms with Gasteiger partial charge in [0.1, 0.15) is 22.3 Å². The van der Waals surface area contributed by atoms with Crippen molar-refractivity contribution in [3.8, 4) is 11.4 Å². The minimum atomic E-state index is -0.479. The minimum absolute atomic E-state index is 0.237. The van der Waals surface area contributed by atoms with Crippen LogP contribution >= 0.6 is 11.6 Å². The van der Waals surface area contributed by atoms with E-state index in [0.29, 0.717) is 23.9 Å². The van der Waals surface area contributed by atoms with Crippen molar-refractivity contribution in [2.75, 3.05) is 18.4 Å². The average Bonchev–Trinajstić information content (AvgIpc) is 3.10. The van der Waals surface area contributed by atoms with Gasteiger partial charge in [-0.1, -0.05) is 17.7 Å². The lowest BCUT2D eigenvalue weighted by Crippen LogP contribution is -2.44. The zero-order valence-corrected chi connectivity index (χ0v) is 18.1. The molecule has 0 unspecified atom stereocenters. The molecule has 0 bridgehead atoms. The number of halogens is 1. The summed E-state index contributed by atoms with van der Waals surface area (Å²) in [4.78, 5) is 23.1. The number of amides is 1. The van der Waals surface area contributed by atoms with E-state index in [2.05, 4.69) is 15.4 Å². The highest BCUT2D eigenvalue weighted by molar-refractivity contribution is 6.29. The molecule has 4 heterocycles. The number of likely N-dealkylation sites (tertiary alicyclic amines) is 1. The molecule has 0 atom stereocenters. The number of piperidine rings is 1. The normalized spacial score (nSPS) is 15.4. The van der Waals surface area contributed by atoms with Crippen molar-refractivity contribution in [1.82, 2.24) is 24.5 Å². The van der Waals surface area contributed by atoms with E-state index in [1.54, 1.807) is 21.7 Å². The highest BCUT2D eigenvalue weighted by Crippen LogP contribution is 2.23. The van der Waals surface area contributed by atoms with E-state index < -0.39 is 5.60 Å². The van der Waals surface area contributed by atoms with Crippen LogP contribution in [0.2, 0.25) is 5.15 Å². The van der Waals surface area contributed by atoms with Crippen molar-refractivity contribution in [3.05, 3.63) is 41.7 Å². The Balaban J connectivity index is 1.42. The van der Waals surface area contributed by atoms with Crippen molar-refractivity contribution in [3.63, 3.8) is 0 Å². The van der Waals surface area contributed by atoms with Gasteiger partial charge in [0, 0.05) is 19.1 Å². The number of hydrogen-bond donors (Lipinski definition) is 1. The van der Waals surface area contributed by atoms with Crippen LogP contribution in [-0.4, -0.2) is 55.3 Å². The van der Waals surface area contributed by atoms with E-state index in [1.165, 1.54) is 0 Å². The van der Waals surface area contributed by atoms with Gasteiger partial charge in [0.15, 0.2) is 5.65 Å². The first-order valence-electron chi connectivity index (χ1n) is 10.0. The van der Waals surface area contributed by atoms with Gasteiger partial charge in [0.25, 0.3) is 0 Å². The van der Waals surface area contributed by atoms with Crippen LogP contribution in [0, 0.1) is 0 Å². The molecule has 0 radical (unpaired) electrons. The van der Waals surface area contributed by atoms with Crippen molar-refractivity contribution >= 4 is 29.2 Å². The summed E-state index contributed by atoms with van der Waals surface area (Å²) in [5.41, 5.74) is 1.77. The molecule has 3 aromatic heterocycles. The molecule has 1 aliphatic heterocycles. The smallest absolute Gasteiger partial charge is 0.410 e. The van der Waals surface area contributed by atoms with E-state index in [1.807, 2.05) is 45.0 Å². The fraction of sp³-hybridized carbons (Fsp3) is 0.429. The van der Waals surface area contributed by atoms with Crippen LogP contribution in [0.4, 0.5) is 10.6 Å². The minimum Gasteiger partial charge on any atom is -0.444 e. The molecule has 1 saturated heterocycles. The molecule has 8 nitrogen and oxygen atoms in total. The maximum atomic E-state index is 12.2. The summed E-state index contributed by atoms with van der Waals surface area (Å²) in [5.74, 6) is 0.778. The summed E-state index contributed by atoms with van der Waals surface area (Å²) >= 11 is 6.04. The van der Waals surface area contributed by atoms with Crippen LogP contribution in [0.1, 0.15) is 33.6 Å². The Morgan fingerprint density at radius 2 is 1.97 bits per heavy atom. The summed E-state index contributed by atoms with van der Waals surface area (Å²) in [6.45, 7) is 6.95. The molecule has 1 amide bonds. The third kappa shape index (κ3) is 4.64. The molecule has 3 aromatic rings. The Hall–Kier alpha value is -2.87. The van der Waals surface area contributed by atoms with E-state index >= 15 is 0 Å². The molecule has 0 spiro atoms. The van der Waals surface area contributed by atoms with Crippen LogP contribution in [-0.2, 0) is 4.74 Å². The maximum Gasteiger partial charge on any atom is 0.410 e. The fourth-order valence-corrected chi connectivity index (χ4v) is 3.56. The molecule has 4 rings (SSSR count). The van der Waals surface area contributed by atoms with Crippen LogP contribution in [0.25, 0.3) is 17.0 Å². The quantitative estimate of drug-likeness (QED) is 0.671. The number of carbonyl (C=O) groups excluding carboxylic acids is 1. The lowest BCUT2D eigenvalue weighted by molar-refractivity contribution is 0.0210. The zero-order valence-electron chi connectivity index (χ0n) is 17.3. The number of carbonyl (C=O) groups is 1. The number of nitrogens with one attached hydrogen (secondary N) is 1. The number of hydrogen-bond acceptors (Lipinski definition) is 6. The number of ether oxygens (including phenoxy) is 1. The Labute approximate surface area is 180 Å². The third-order valence-electron chi connectivity index (χ3n) is 4.84. The van der Waals surface area contributed by atoms with Crippen molar-refractivity contribution < 1.29 is 9.53 Å². The maximum absolute atomic E-state index is 12.2. The molecule has 0 aromatic carbocycles. The van der Waals surface area contributed by atoms with E-state index in [9.17, 15) is 4.79 Å². The largest absolute Gasteiger partial charge is 0.444 e. The molecule has 1 fully saturated rings. The first-order valence-corrected chi connectivity index (χ1v) is 10.4. The molecule has 0 saturated carbocycles. The van der Waals surface area contributed by atoms with E-state index in [0.717, 1.165) is 30.0 Å². The molecule has 30 heavy (non-hydrogen) atoms. The Kier molecular flexibility index (Phi) is 5.51. The standard InChI is InChI=1S/C21H25ClN6O2/c1-21(2,3)30-20(29)27-11-9-14(10-12-27)24-18-6-4-5-15(25-18)16-13-23-19-8-7-17(22)26-28(16)19/h4-8,13-14H,9-12H2,1-3H3,(H,24,25). The number of fused-ring (bicyclic) bond motifs is 1. The average molecular weight is 429 g/mol. The monoisotopic (exact) mass is 428 g/mol. The van der Waals surface area contributed by atoms with Crippen molar-refractivity contribution in [2.24, 2.45) is 0 Å². The molecular weight excluding hydrogens is 404 g/mol. The van der Waals surface area contributed by atoms with Gasteiger partial charge >= 0.3 is 6.09 Å². The highest BCUT2D eigenvalue weighted by Gasteiger charge is 2.27. The molecular formula is C21H25ClN6O2. The summed E-state index contributed by atoms with van der Waals surface area (Å²) in [5, 5.41) is 8.20. The van der Waals surface area contributed by atoms with Gasteiger partial charge in [-0.2, -0.15) is 5.10 Å².